The van der Waals surface area contributed by atoms with Crippen molar-refractivity contribution in [3.63, 3.8) is 0 Å². The van der Waals surface area contributed by atoms with Crippen molar-refractivity contribution in [2.75, 3.05) is 25.9 Å². The number of carbonyl (C=O) groups is 1. The Morgan fingerprint density at radius 3 is 2.88 bits per heavy atom. The van der Waals surface area contributed by atoms with E-state index in [0.717, 1.165) is 11.3 Å². The number of amides is 1. The Morgan fingerprint density at radius 2 is 2.21 bits per heavy atom. The molecular formula is C17H19N3O4. The first kappa shape index (κ1) is 15.9. The molecule has 7 heteroatoms. The number of nitrogens with two attached hydrogens (primary N) is 1. The number of pyridine rings is 1. The van der Waals surface area contributed by atoms with Crippen molar-refractivity contribution >= 4 is 11.9 Å². The second-order valence-corrected chi connectivity index (χ2v) is 5.57. The first-order valence-electron chi connectivity index (χ1n) is 7.62. The molecule has 1 aromatic carbocycles. The van der Waals surface area contributed by atoms with Gasteiger partial charge in [-0.2, -0.15) is 0 Å². The maximum Gasteiger partial charge on any atom is 0.407 e. The largest absolute Gasteiger partial charge is 0.496 e. The summed E-state index contributed by atoms with van der Waals surface area (Å²) in [5.74, 6) is 1.70. The first-order chi connectivity index (χ1) is 11.6. The van der Waals surface area contributed by atoms with Crippen LogP contribution >= 0.6 is 0 Å². The van der Waals surface area contributed by atoms with E-state index in [1.165, 1.54) is 4.90 Å². The van der Waals surface area contributed by atoms with Gasteiger partial charge in [0.2, 0.25) is 0 Å². The molecule has 1 fully saturated rings. The third-order valence-electron chi connectivity index (χ3n) is 3.94. The van der Waals surface area contributed by atoms with Crippen LogP contribution in [0.1, 0.15) is 6.42 Å². The highest BCUT2D eigenvalue weighted by Gasteiger charge is 2.27. The quantitative estimate of drug-likeness (QED) is 0.894. The lowest BCUT2D eigenvalue weighted by atomic mass is 10.1. The summed E-state index contributed by atoms with van der Waals surface area (Å²) in [6, 6.07) is 10.9. The molecule has 3 N–H and O–H groups in total. The summed E-state index contributed by atoms with van der Waals surface area (Å²) in [6.45, 7) is 0.860. The van der Waals surface area contributed by atoms with E-state index < -0.39 is 6.09 Å². The number of nitrogens with zero attached hydrogens (tertiary/aromatic N) is 2. The van der Waals surface area contributed by atoms with Gasteiger partial charge in [0.15, 0.2) is 0 Å². The minimum atomic E-state index is -0.915. The minimum Gasteiger partial charge on any atom is -0.496 e. The van der Waals surface area contributed by atoms with E-state index in [9.17, 15) is 4.79 Å². The molecule has 0 aliphatic carbocycles. The average Bonchev–Trinajstić information content (AvgIpc) is 3.03. The lowest BCUT2D eigenvalue weighted by Crippen LogP contribution is -2.29. The lowest BCUT2D eigenvalue weighted by molar-refractivity contribution is 0.145. The zero-order valence-corrected chi connectivity index (χ0v) is 13.3. The molecule has 1 unspecified atom stereocenters. The van der Waals surface area contributed by atoms with Crippen molar-refractivity contribution in [1.29, 1.82) is 0 Å². The third kappa shape index (κ3) is 3.34. The van der Waals surface area contributed by atoms with Gasteiger partial charge in [-0.05, 0) is 24.3 Å². The predicted molar refractivity (Wildman–Crippen MR) is 89.3 cm³/mol. The summed E-state index contributed by atoms with van der Waals surface area (Å²) in [4.78, 5) is 16.6. The second kappa shape index (κ2) is 6.66. The monoisotopic (exact) mass is 329 g/mol. The highest BCUT2D eigenvalue weighted by Crippen LogP contribution is 2.33. The molecule has 1 aromatic heterocycles. The van der Waals surface area contributed by atoms with Crippen molar-refractivity contribution in [1.82, 2.24) is 9.88 Å². The molecule has 0 spiro atoms. The van der Waals surface area contributed by atoms with Gasteiger partial charge >= 0.3 is 6.09 Å². The van der Waals surface area contributed by atoms with E-state index in [-0.39, 0.29) is 6.10 Å². The van der Waals surface area contributed by atoms with Crippen LogP contribution in [0.2, 0.25) is 0 Å². The minimum absolute atomic E-state index is 0.151. The summed E-state index contributed by atoms with van der Waals surface area (Å²) in [5, 5.41) is 9.00. The molecular weight excluding hydrogens is 310 g/mol. The SMILES string of the molecule is COc1cc(OC2CCN(C(=O)O)C2)ccc1-c1cccc(N)n1. The number of hydrogen-bond donors (Lipinski definition) is 2. The Bertz CT molecular complexity index is 750. The smallest absolute Gasteiger partial charge is 0.407 e. The van der Waals surface area contributed by atoms with Crippen molar-refractivity contribution < 1.29 is 19.4 Å². The molecule has 1 atom stereocenters. The third-order valence-corrected chi connectivity index (χ3v) is 3.94. The number of hydrogen-bond acceptors (Lipinski definition) is 5. The number of benzene rings is 1. The molecule has 0 radical (unpaired) electrons. The molecule has 0 bridgehead atoms. The van der Waals surface area contributed by atoms with Crippen LogP contribution < -0.4 is 15.2 Å². The second-order valence-electron chi connectivity index (χ2n) is 5.57. The molecule has 1 saturated heterocycles. The number of rotatable bonds is 4. The van der Waals surface area contributed by atoms with Gasteiger partial charge in [-0.1, -0.05) is 6.07 Å². The van der Waals surface area contributed by atoms with Gasteiger partial charge in [0, 0.05) is 24.6 Å². The Hall–Kier alpha value is -2.96. The highest BCUT2D eigenvalue weighted by atomic mass is 16.5. The maximum atomic E-state index is 11.0. The molecule has 24 heavy (non-hydrogen) atoms. The Balaban J connectivity index is 1.78. The molecule has 2 heterocycles. The molecule has 0 saturated carbocycles. The fourth-order valence-corrected chi connectivity index (χ4v) is 2.75. The molecule has 1 aliphatic rings. The Kier molecular flexibility index (Phi) is 4.41. The number of carboxylic acid groups (broad SMARTS) is 1. The maximum absolute atomic E-state index is 11.0. The van der Waals surface area contributed by atoms with Crippen LogP contribution in [0.4, 0.5) is 10.6 Å². The highest BCUT2D eigenvalue weighted by molar-refractivity contribution is 5.69. The normalized spacial score (nSPS) is 16.9. The number of aromatic nitrogens is 1. The van der Waals surface area contributed by atoms with Crippen LogP contribution in [-0.4, -0.2) is 47.4 Å². The van der Waals surface area contributed by atoms with Crippen molar-refractivity contribution in [3.8, 4) is 22.8 Å². The zero-order chi connectivity index (χ0) is 17.1. The van der Waals surface area contributed by atoms with Crippen LogP contribution in [0, 0.1) is 0 Å². The predicted octanol–water partition coefficient (Wildman–Crippen LogP) is 2.47. The van der Waals surface area contributed by atoms with Gasteiger partial charge in [0.25, 0.3) is 0 Å². The van der Waals surface area contributed by atoms with Crippen molar-refractivity contribution in [2.45, 2.75) is 12.5 Å². The van der Waals surface area contributed by atoms with Crippen molar-refractivity contribution in [2.24, 2.45) is 0 Å². The van der Waals surface area contributed by atoms with E-state index in [2.05, 4.69) is 4.98 Å². The lowest BCUT2D eigenvalue weighted by Gasteiger charge is -2.16. The van der Waals surface area contributed by atoms with Crippen LogP contribution in [0.15, 0.2) is 36.4 Å². The van der Waals surface area contributed by atoms with E-state index in [1.54, 1.807) is 19.2 Å². The Labute approximate surface area is 139 Å². The van der Waals surface area contributed by atoms with Gasteiger partial charge in [0.05, 0.1) is 19.3 Å². The molecule has 2 aromatic rings. The van der Waals surface area contributed by atoms with Crippen LogP contribution in [-0.2, 0) is 0 Å². The topological polar surface area (TPSA) is 97.9 Å². The van der Waals surface area contributed by atoms with Gasteiger partial charge in [-0.3, -0.25) is 0 Å². The zero-order valence-electron chi connectivity index (χ0n) is 13.3. The standard InChI is InChI=1S/C17H19N3O4/c1-23-15-9-11(24-12-7-8-20(10-12)17(21)22)5-6-13(15)14-3-2-4-16(18)19-14/h2-6,9,12H,7-8,10H2,1H3,(H2,18,19)(H,21,22). The molecule has 7 nitrogen and oxygen atoms in total. The summed E-state index contributed by atoms with van der Waals surface area (Å²) in [7, 11) is 1.58. The van der Waals surface area contributed by atoms with Gasteiger partial charge in [-0.25, -0.2) is 9.78 Å². The molecule has 126 valence electrons. The van der Waals surface area contributed by atoms with Crippen LogP contribution in [0.5, 0.6) is 11.5 Å². The summed E-state index contributed by atoms with van der Waals surface area (Å²) >= 11 is 0. The molecule has 1 aliphatic heterocycles. The van der Waals surface area contributed by atoms with Gasteiger partial charge < -0.3 is 25.2 Å². The molecule has 3 rings (SSSR count). The van der Waals surface area contributed by atoms with Crippen molar-refractivity contribution in [3.05, 3.63) is 36.4 Å². The fourth-order valence-electron chi connectivity index (χ4n) is 2.75. The number of methoxy groups -OCH3 is 1. The Morgan fingerprint density at radius 1 is 1.38 bits per heavy atom. The first-order valence-corrected chi connectivity index (χ1v) is 7.62. The number of likely N-dealkylation sites (tertiary alicyclic amines) is 1. The van der Waals surface area contributed by atoms with Gasteiger partial charge in [-0.15, -0.1) is 0 Å². The summed E-state index contributed by atoms with van der Waals surface area (Å²) < 4.78 is 11.3. The van der Waals surface area contributed by atoms with E-state index in [1.807, 2.05) is 24.3 Å². The average molecular weight is 329 g/mol. The van der Waals surface area contributed by atoms with E-state index >= 15 is 0 Å². The number of ether oxygens (including phenoxy) is 2. The van der Waals surface area contributed by atoms with Crippen LogP contribution in [0.25, 0.3) is 11.3 Å². The number of anilines is 1. The molecule has 1 amide bonds. The fraction of sp³-hybridized carbons (Fsp3) is 0.294. The van der Waals surface area contributed by atoms with E-state index in [0.29, 0.717) is 36.8 Å². The number of nitrogen functional groups attached to an aromatic ring is 1. The summed E-state index contributed by atoms with van der Waals surface area (Å²) in [6.07, 6.45) is -0.392. The van der Waals surface area contributed by atoms with Crippen LogP contribution in [0.3, 0.4) is 0 Å². The van der Waals surface area contributed by atoms with E-state index in [4.69, 9.17) is 20.3 Å². The van der Waals surface area contributed by atoms with Gasteiger partial charge in [0.1, 0.15) is 23.4 Å². The summed E-state index contributed by atoms with van der Waals surface area (Å²) in [5.41, 5.74) is 7.27.